The quantitative estimate of drug-likeness (QED) is 0.785. The molecule has 1 aliphatic rings. The minimum Gasteiger partial charge on any atom is -0.340 e. The van der Waals surface area contributed by atoms with Crippen LogP contribution in [-0.2, 0) is 17.6 Å². The number of hydrogen-bond acceptors (Lipinski definition) is 5. The fraction of sp³-hybridized carbons (Fsp3) is 0.200. The predicted octanol–water partition coefficient (Wildman–Crippen LogP) is 3.36. The number of likely N-dealkylation sites (N-methyl/N-ethyl adjacent to an activating group) is 1. The molecule has 6 nitrogen and oxygen atoms in total. The Balaban J connectivity index is 1.67. The third-order valence-corrected chi connectivity index (χ3v) is 4.46. The van der Waals surface area contributed by atoms with E-state index in [1.165, 1.54) is 0 Å². The first-order valence-electron chi connectivity index (χ1n) is 8.60. The Morgan fingerprint density at radius 3 is 2.81 bits per heavy atom. The average Bonchev–Trinajstić information content (AvgIpc) is 2.95. The molecule has 0 fully saturated rings. The summed E-state index contributed by atoms with van der Waals surface area (Å²) in [6, 6.07) is 13.6. The number of anilines is 3. The van der Waals surface area contributed by atoms with E-state index in [1.807, 2.05) is 42.5 Å². The molecule has 1 aromatic carbocycles. The smallest absolute Gasteiger partial charge is 0.231 e. The minimum atomic E-state index is 0.116. The van der Waals surface area contributed by atoms with E-state index in [0.29, 0.717) is 12.2 Å². The Kier molecular flexibility index (Phi) is 4.08. The molecule has 1 aliphatic heterocycles. The highest BCUT2D eigenvalue weighted by molar-refractivity contribution is 6.01. The Morgan fingerprint density at radius 1 is 1.15 bits per heavy atom. The zero-order chi connectivity index (χ0) is 18.1. The van der Waals surface area contributed by atoms with Gasteiger partial charge in [0.05, 0.1) is 6.42 Å². The zero-order valence-corrected chi connectivity index (χ0v) is 14.7. The molecule has 26 heavy (non-hydrogen) atoms. The van der Waals surface area contributed by atoms with Crippen molar-refractivity contribution >= 4 is 23.1 Å². The Labute approximate surface area is 151 Å². The van der Waals surface area contributed by atoms with Crippen LogP contribution in [0, 0.1) is 0 Å². The Hall–Kier alpha value is -3.28. The first-order valence-corrected chi connectivity index (χ1v) is 8.60. The van der Waals surface area contributed by atoms with E-state index >= 15 is 0 Å². The second-order valence-electron chi connectivity index (χ2n) is 6.23. The molecule has 3 aromatic rings. The van der Waals surface area contributed by atoms with E-state index in [1.54, 1.807) is 18.1 Å². The van der Waals surface area contributed by atoms with Crippen molar-refractivity contribution in [1.82, 2.24) is 15.0 Å². The number of benzene rings is 1. The lowest BCUT2D eigenvalue weighted by atomic mass is 10.1. The van der Waals surface area contributed by atoms with Crippen molar-refractivity contribution in [3.05, 3.63) is 59.9 Å². The lowest BCUT2D eigenvalue weighted by Crippen LogP contribution is -2.20. The maximum Gasteiger partial charge on any atom is 0.231 e. The number of aromatic nitrogens is 3. The monoisotopic (exact) mass is 345 g/mol. The molecule has 0 saturated carbocycles. The predicted molar refractivity (Wildman–Crippen MR) is 101 cm³/mol. The summed E-state index contributed by atoms with van der Waals surface area (Å²) in [4.78, 5) is 27.1. The van der Waals surface area contributed by atoms with Crippen molar-refractivity contribution < 1.29 is 4.79 Å². The van der Waals surface area contributed by atoms with Crippen LogP contribution >= 0.6 is 0 Å². The summed E-state index contributed by atoms with van der Waals surface area (Å²) in [5, 5.41) is 3.34. The molecule has 3 heterocycles. The number of nitrogens with one attached hydrogen (secondary N) is 1. The number of amides is 1. The molecule has 0 bridgehead atoms. The maximum absolute atomic E-state index is 11.9. The van der Waals surface area contributed by atoms with Gasteiger partial charge in [-0.1, -0.05) is 13.0 Å². The van der Waals surface area contributed by atoms with E-state index < -0.39 is 0 Å². The van der Waals surface area contributed by atoms with Gasteiger partial charge in [-0.25, -0.2) is 9.97 Å². The van der Waals surface area contributed by atoms with E-state index in [4.69, 9.17) is 0 Å². The van der Waals surface area contributed by atoms with Crippen LogP contribution in [0.15, 0.2) is 48.7 Å². The van der Waals surface area contributed by atoms with Gasteiger partial charge in [0.2, 0.25) is 5.91 Å². The fourth-order valence-corrected chi connectivity index (χ4v) is 3.05. The van der Waals surface area contributed by atoms with Gasteiger partial charge in [0.15, 0.2) is 5.82 Å². The molecule has 0 unspecified atom stereocenters. The van der Waals surface area contributed by atoms with Crippen LogP contribution in [0.4, 0.5) is 17.2 Å². The number of nitrogens with zero attached hydrogens (tertiary/aromatic N) is 4. The number of carbonyl (C=O) groups is 1. The molecule has 6 heteroatoms. The second-order valence-corrected chi connectivity index (χ2v) is 6.23. The molecule has 2 aromatic heterocycles. The first kappa shape index (κ1) is 16.2. The van der Waals surface area contributed by atoms with Crippen LogP contribution in [0.1, 0.15) is 18.2 Å². The van der Waals surface area contributed by atoms with Crippen molar-refractivity contribution in [2.24, 2.45) is 0 Å². The highest BCUT2D eigenvalue weighted by Gasteiger charge is 2.23. The topological polar surface area (TPSA) is 71.0 Å². The largest absolute Gasteiger partial charge is 0.340 e. The van der Waals surface area contributed by atoms with Crippen LogP contribution in [0.2, 0.25) is 0 Å². The molecule has 4 rings (SSSR count). The number of rotatable bonds is 4. The van der Waals surface area contributed by atoms with Gasteiger partial charge in [-0.2, -0.15) is 0 Å². The van der Waals surface area contributed by atoms with Crippen molar-refractivity contribution in [2.75, 3.05) is 17.3 Å². The molecular weight excluding hydrogens is 326 g/mol. The van der Waals surface area contributed by atoms with E-state index in [0.717, 1.165) is 40.6 Å². The third kappa shape index (κ3) is 3.01. The first-order chi connectivity index (χ1) is 12.6. The zero-order valence-electron chi connectivity index (χ0n) is 14.7. The standard InChI is InChI=1S/C20H19N5O/c1-3-14-12-18(24-20(23-14)16-6-4-5-9-21-16)22-15-7-8-17-13(10-15)11-19(26)25(17)2/h4-10,12H,3,11H2,1-2H3,(H,22,23,24). The summed E-state index contributed by atoms with van der Waals surface area (Å²) >= 11 is 0. The van der Waals surface area contributed by atoms with E-state index in [9.17, 15) is 4.79 Å². The number of aryl methyl sites for hydroxylation is 1. The van der Waals surface area contributed by atoms with Crippen LogP contribution in [0.5, 0.6) is 0 Å². The fourth-order valence-electron chi connectivity index (χ4n) is 3.05. The highest BCUT2D eigenvalue weighted by Crippen LogP contribution is 2.31. The summed E-state index contributed by atoms with van der Waals surface area (Å²) in [5.41, 5.74) is 4.58. The normalized spacial score (nSPS) is 13.0. The molecule has 0 saturated heterocycles. The summed E-state index contributed by atoms with van der Waals surface area (Å²) in [5.74, 6) is 1.43. The number of fused-ring (bicyclic) bond motifs is 1. The number of pyridine rings is 1. The lowest BCUT2D eigenvalue weighted by Gasteiger charge is -2.12. The second kappa shape index (κ2) is 6.55. The average molecular weight is 345 g/mol. The minimum absolute atomic E-state index is 0.116. The van der Waals surface area contributed by atoms with Gasteiger partial charge in [0.25, 0.3) is 0 Å². The third-order valence-electron chi connectivity index (χ3n) is 4.46. The summed E-state index contributed by atoms with van der Waals surface area (Å²) in [6.07, 6.45) is 2.98. The van der Waals surface area contributed by atoms with E-state index in [2.05, 4.69) is 27.2 Å². The van der Waals surface area contributed by atoms with Crippen LogP contribution < -0.4 is 10.2 Å². The molecule has 1 amide bonds. The molecule has 130 valence electrons. The van der Waals surface area contributed by atoms with Crippen molar-refractivity contribution in [3.8, 4) is 11.5 Å². The molecule has 1 N–H and O–H groups in total. The highest BCUT2D eigenvalue weighted by atomic mass is 16.2. The van der Waals surface area contributed by atoms with Crippen LogP contribution in [0.3, 0.4) is 0 Å². The SMILES string of the molecule is CCc1cc(Nc2ccc3c(c2)CC(=O)N3C)nc(-c2ccccn2)n1. The van der Waals surface area contributed by atoms with Gasteiger partial charge in [-0.05, 0) is 42.3 Å². The molecule has 0 aliphatic carbocycles. The van der Waals surface area contributed by atoms with Crippen LogP contribution in [-0.4, -0.2) is 27.9 Å². The summed E-state index contributed by atoms with van der Waals surface area (Å²) < 4.78 is 0. The van der Waals surface area contributed by atoms with Gasteiger partial charge >= 0.3 is 0 Å². The van der Waals surface area contributed by atoms with Gasteiger partial charge in [0.1, 0.15) is 11.5 Å². The van der Waals surface area contributed by atoms with Crippen LogP contribution in [0.25, 0.3) is 11.5 Å². The summed E-state index contributed by atoms with van der Waals surface area (Å²) in [6.45, 7) is 2.06. The Bertz CT molecular complexity index is 971. The van der Waals surface area contributed by atoms with Gasteiger partial charge in [-0.3, -0.25) is 9.78 Å². The van der Waals surface area contributed by atoms with E-state index in [-0.39, 0.29) is 5.91 Å². The van der Waals surface area contributed by atoms with Gasteiger partial charge in [-0.15, -0.1) is 0 Å². The summed E-state index contributed by atoms with van der Waals surface area (Å²) in [7, 11) is 1.80. The molecule has 0 atom stereocenters. The van der Waals surface area contributed by atoms with Crippen molar-refractivity contribution in [1.29, 1.82) is 0 Å². The number of hydrogen-bond donors (Lipinski definition) is 1. The molecular formula is C20H19N5O. The van der Waals surface area contributed by atoms with Gasteiger partial charge < -0.3 is 10.2 Å². The molecule has 0 spiro atoms. The van der Waals surface area contributed by atoms with Crippen molar-refractivity contribution in [3.63, 3.8) is 0 Å². The van der Waals surface area contributed by atoms with Gasteiger partial charge in [0, 0.05) is 36.4 Å². The van der Waals surface area contributed by atoms with Crippen molar-refractivity contribution in [2.45, 2.75) is 19.8 Å². The Morgan fingerprint density at radius 2 is 2.04 bits per heavy atom. The lowest BCUT2D eigenvalue weighted by molar-refractivity contribution is -0.117. The maximum atomic E-state index is 11.9. The molecule has 0 radical (unpaired) electrons. The number of carbonyl (C=O) groups excluding carboxylic acids is 1.